The van der Waals surface area contributed by atoms with Crippen LogP contribution in [-0.4, -0.2) is 0 Å². The molecule has 0 atom stereocenters. The monoisotopic (exact) mass is 156 g/mol. The van der Waals surface area contributed by atoms with Gasteiger partial charge in [0.1, 0.15) is 11.5 Å². The second-order valence-corrected chi connectivity index (χ2v) is 2.57. The summed E-state index contributed by atoms with van der Waals surface area (Å²) in [6, 6.07) is 13.5. The third-order valence-corrected chi connectivity index (χ3v) is 1.69. The molecule has 0 N–H and O–H groups in total. The molecule has 0 bridgehead atoms. The zero-order chi connectivity index (χ0) is 8.39. The predicted molar refractivity (Wildman–Crippen MR) is 47.5 cm³/mol. The maximum Gasteiger partial charge on any atom is 0.134 e. The van der Waals surface area contributed by atoms with Crippen molar-refractivity contribution in [2.24, 2.45) is 0 Å². The topological polar surface area (TPSA) is 13.1 Å². The molecule has 2 radical (unpaired) electrons. The molecule has 0 fully saturated rings. The molecular weight excluding hydrogens is 148 g/mol. The molecule has 0 spiro atoms. The van der Waals surface area contributed by atoms with Gasteiger partial charge in [-0.3, -0.25) is 0 Å². The van der Waals surface area contributed by atoms with E-state index in [0.717, 1.165) is 11.3 Å². The smallest absolute Gasteiger partial charge is 0.134 e. The minimum Gasteiger partial charge on any atom is -0.461 e. The van der Waals surface area contributed by atoms with Crippen molar-refractivity contribution < 1.29 is 4.42 Å². The van der Waals surface area contributed by atoms with Gasteiger partial charge in [0.15, 0.2) is 0 Å². The maximum atomic E-state index is 5.45. The second kappa shape index (κ2) is 2.86. The van der Waals surface area contributed by atoms with E-state index in [0.29, 0.717) is 5.76 Å². The average Bonchev–Trinajstić information content (AvgIpc) is 2.54. The van der Waals surface area contributed by atoms with Gasteiger partial charge in [0.25, 0.3) is 0 Å². The van der Waals surface area contributed by atoms with Crippen molar-refractivity contribution in [2.45, 2.75) is 0 Å². The third-order valence-electron chi connectivity index (χ3n) is 1.69. The molecule has 0 aliphatic heterocycles. The molecule has 1 heteroatoms. The van der Waals surface area contributed by atoms with Crippen LogP contribution in [0.4, 0.5) is 0 Å². The summed E-state index contributed by atoms with van der Waals surface area (Å²) in [7, 11) is 0. The van der Waals surface area contributed by atoms with Crippen LogP contribution in [0.25, 0.3) is 11.3 Å². The fourth-order valence-electron chi connectivity index (χ4n) is 1.11. The molecule has 0 unspecified atom stereocenters. The van der Waals surface area contributed by atoms with Crippen LogP contribution in [0.1, 0.15) is 5.76 Å². The SMILES string of the molecule is [CH]c1ccc(-c2ccccc2)o1. The fourth-order valence-corrected chi connectivity index (χ4v) is 1.11. The lowest BCUT2D eigenvalue weighted by Gasteiger charge is -1.93. The Kier molecular flexibility index (Phi) is 1.71. The normalized spacial score (nSPS) is 10.1. The molecule has 1 nitrogen and oxygen atoms in total. The van der Waals surface area contributed by atoms with Crippen molar-refractivity contribution in [1.29, 1.82) is 0 Å². The summed E-state index contributed by atoms with van der Waals surface area (Å²) in [6.45, 7) is 5.45. The Morgan fingerprint density at radius 1 is 0.917 bits per heavy atom. The first-order valence-corrected chi connectivity index (χ1v) is 3.77. The Morgan fingerprint density at radius 3 is 2.25 bits per heavy atom. The quantitative estimate of drug-likeness (QED) is 0.618. The molecule has 2 aromatic rings. The van der Waals surface area contributed by atoms with E-state index in [2.05, 4.69) is 0 Å². The Hall–Kier alpha value is -1.50. The van der Waals surface area contributed by atoms with E-state index in [4.69, 9.17) is 11.3 Å². The zero-order valence-corrected chi connectivity index (χ0v) is 6.53. The largest absolute Gasteiger partial charge is 0.461 e. The Bertz CT molecular complexity index is 360. The molecule has 58 valence electrons. The van der Waals surface area contributed by atoms with Gasteiger partial charge in [-0.15, -0.1) is 0 Å². The Labute approximate surface area is 71.6 Å². The van der Waals surface area contributed by atoms with Crippen LogP contribution >= 0.6 is 0 Å². The van der Waals surface area contributed by atoms with Crippen molar-refractivity contribution in [2.75, 3.05) is 0 Å². The van der Waals surface area contributed by atoms with Crippen LogP contribution in [-0.2, 0) is 0 Å². The molecule has 1 aromatic carbocycles. The summed E-state index contributed by atoms with van der Waals surface area (Å²) in [5.41, 5.74) is 1.05. The Morgan fingerprint density at radius 2 is 1.67 bits per heavy atom. The van der Waals surface area contributed by atoms with Crippen molar-refractivity contribution >= 4 is 0 Å². The molecule has 0 aliphatic rings. The molecule has 2 rings (SSSR count). The molecule has 1 aromatic heterocycles. The highest BCUT2D eigenvalue weighted by Crippen LogP contribution is 2.20. The summed E-state index contributed by atoms with van der Waals surface area (Å²) in [6.07, 6.45) is 0. The predicted octanol–water partition coefficient (Wildman–Crippen LogP) is 3.01. The van der Waals surface area contributed by atoms with Gasteiger partial charge in [-0.05, 0) is 12.1 Å². The molecule has 1 heterocycles. The number of hydrogen-bond acceptors (Lipinski definition) is 1. The summed E-state index contributed by atoms with van der Waals surface area (Å²) < 4.78 is 5.25. The third kappa shape index (κ3) is 1.26. The van der Waals surface area contributed by atoms with Crippen LogP contribution in [0.15, 0.2) is 46.9 Å². The summed E-state index contributed by atoms with van der Waals surface area (Å²) in [5.74, 6) is 1.27. The second-order valence-electron chi connectivity index (χ2n) is 2.57. The van der Waals surface area contributed by atoms with E-state index in [1.54, 1.807) is 6.07 Å². The van der Waals surface area contributed by atoms with Crippen molar-refractivity contribution in [3.05, 3.63) is 55.1 Å². The molecule has 0 saturated heterocycles. The number of rotatable bonds is 1. The minimum absolute atomic E-state index is 0.453. The zero-order valence-electron chi connectivity index (χ0n) is 6.53. The van der Waals surface area contributed by atoms with Gasteiger partial charge >= 0.3 is 0 Å². The van der Waals surface area contributed by atoms with Crippen molar-refractivity contribution in [3.8, 4) is 11.3 Å². The van der Waals surface area contributed by atoms with E-state index in [1.807, 2.05) is 36.4 Å². The van der Waals surface area contributed by atoms with Crippen LogP contribution in [0, 0.1) is 6.92 Å². The highest BCUT2D eigenvalue weighted by Gasteiger charge is 1.99. The standard InChI is InChI=1S/C11H8O/c1-9-7-8-11(12-9)10-5-3-2-4-6-10/h1-8H. The fraction of sp³-hybridized carbons (Fsp3) is 0. The van der Waals surface area contributed by atoms with Gasteiger partial charge in [-0.25, -0.2) is 0 Å². The number of furan rings is 1. The van der Waals surface area contributed by atoms with Gasteiger partial charge in [0.2, 0.25) is 0 Å². The van der Waals surface area contributed by atoms with Crippen molar-refractivity contribution in [3.63, 3.8) is 0 Å². The lowest BCUT2D eigenvalue weighted by Crippen LogP contribution is -1.69. The number of hydrogen-bond donors (Lipinski definition) is 0. The van der Waals surface area contributed by atoms with E-state index in [1.165, 1.54) is 0 Å². The van der Waals surface area contributed by atoms with Crippen LogP contribution in [0.5, 0.6) is 0 Å². The first-order chi connectivity index (χ1) is 5.86. The first kappa shape index (κ1) is 7.17. The average molecular weight is 156 g/mol. The lowest BCUT2D eigenvalue weighted by atomic mass is 10.2. The Balaban J connectivity index is 2.45. The lowest BCUT2D eigenvalue weighted by molar-refractivity contribution is 0.563. The molecular formula is C11H8O. The summed E-state index contributed by atoms with van der Waals surface area (Å²) in [4.78, 5) is 0. The van der Waals surface area contributed by atoms with E-state index in [9.17, 15) is 0 Å². The van der Waals surface area contributed by atoms with Gasteiger partial charge in [-0.1, -0.05) is 30.3 Å². The van der Waals surface area contributed by atoms with Gasteiger partial charge < -0.3 is 4.42 Å². The van der Waals surface area contributed by atoms with Gasteiger partial charge in [0, 0.05) is 12.5 Å². The molecule has 0 saturated carbocycles. The summed E-state index contributed by atoms with van der Waals surface area (Å²) in [5, 5.41) is 0. The van der Waals surface area contributed by atoms with E-state index < -0.39 is 0 Å². The molecule has 0 amide bonds. The maximum absolute atomic E-state index is 5.45. The van der Waals surface area contributed by atoms with Crippen LogP contribution < -0.4 is 0 Å². The first-order valence-electron chi connectivity index (χ1n) is 3.77. The summed E-state index contributed by atoms with van der Waals surface area (Å²) >= 11 is 0. The van der Waals surface area contributed by atoms with Gasteiger partial charge in [-0.2, -0.15) is 0 Å². The van der Waals surface area contributed by atoms with Crippen LogP contribution in [0.3, 0.4) is 0 Å². The highest BCUT2D eigenvalue weighted by molar-refractivity contribution is 5.57. The van der Waals surface area contributed by atoms with Crippen LogP contribution in [0.2, 0.25) is 0 Å². The van der Waals surface area contributed by atoms with Gasteiger partial charge in [0.05, 0.1) is 0 Å². The minimum atomic E-state index is 0.453. The van der Waals surface area contributed by atoms with E-state index in [-0.39, 0.29) is 0 Å². The highest BCUT2D eigenvalue weighted by atomic mass is 16.3. The molecule has 12 heavy (non-hydrogen) atoms. The molecule has 0 aliphatic carbocycles. The van der Waals surface area contributed by atoms with Crippen molar-refractivity contribution in [1.82, 2.24) is 0 Å². The number of benzene rings is 1. The van der Waals surface area contributed by atoms with E-state index >= 15 is 0 Å².